The van der Waals surface area contributed by atoms with Gasteiger partial charge in [-0.1, -0.05) is 0 Å². The van der Waals surface area contributed by atoms with Crippen LogP contribution in [-0.4, -0.2) is 39.2 Å². The second-order valence-corrected chi connectivity index (χ2v) is 4.10. The molecule has 2 amide bonds. The number of nitrogens with one attached hydrogen (secondary N) is 3. The van der Waals surface area contributed by atoms with Gasteiger partial charge in [0.1, 0.15) is 6.04 Å². The Hall–Kier alpha value is -2.49. The van der Waals surface area contributed by atoms with E-state index in [0.717, 1.165) is 0 Å². The Morgan fingerprint density at radius 3 is 2.84 bits per heavy atom. The molecule has 0 aromatic carbocycles. The van der Waals surface area contributed by atoms with Gasteiger partial charge in [-0.2, -0.15) is 0 Å². The van der Waals surface area contributed by atoms with Crippen LogP contribution in [0.1, 0.15) is 19.0 Å². The lowest BCUT2D eigenvalue weighted by molar-refractivity contribution is -0.139. The van der Waals surface area contributed by atoms with Crippen LogP contribution >= 0.6 is 0 Å². The third kappa shape index (κ3) is 5.12. The zero-order chi connectivity index (χ0) is 14.3. The second kappa shape index (κ2) is 7.06. The lowest BCUT2D eigenvalue weighted by atomic mass is 10.1. The Balaban J connectivity index is 2.52. The van der Waals surface area contributed by atoms with Crippen molar-refractivity contribution in [3.63, 3.8) is 0 Å². The molecule has 19 heavy (non-hydrogen) atoms. The maximum Gasteiger partial charge on any atom is 0.326 e. The third-order valence-corrected chi connectivity index (χ3v) is 2.38. The van der Waals surface area contributed by atoms with Crippen LogP contribution in [0.15, 0.2) is 12.5 Å². The van der Waals surface area contributed by atoms with Crippen molar-refractivity contribution in [2.45, 2.75) is 31.8 Å². The van der Waals surface area contributed by atoms with Gasteiger partial charge in [0, 0.05) is 30.8 Å². The molecule has 1 unspecified atom stereocenters. The van der Waals surface area contributed by atoms with E-state index in [1.54, 1.807) is 6.92 Å². The number of rotatable bonds is 6. The number of aromatic amines is 1. The van der Waals surface area contributed by atoms with Gasteiger partial charge < -0.3 is 20.7 Å². The maximum absolute atomic E-state index is 11.6. The first-order valence-electron chi connectivity index (χ1n) is 5.73. The number of carbonyl (C=O) groups excluding carboxylic acids is 1. The number of nitrogens with zero attached hydrogens (tertiary/aromatic N) is 1. The molecule has 0 aliphatic carbocycles. The summed E-state index contributed by atoms with van der Waals surface area (Å²) in [6.45, 7) is 1.74. The highest BCUT2D eigenvalue weighted by atomic mass is 16.4. The molecule has 2 atom stereocenters. The lowest BCUT2D eigenvalue weighted by Crippen LogP contribution is -2.49. The Morgan fingerprint density at radius 1 is 1.58 bits per heavy atom. The Labute approximate surface area is 110 Å². The zero-order valence-electron chi connectivity index (χ0n) is 10.5. The predicted molar refractivity (Wildman–Crippen MR) is 68.3 cm³/mol. The normalized spacial score (nSPS) is 13.1. The lowest BCUT2D eigenvalue weighted by Gasteiger charge is -2.16. The van der Waals surface area contributed by atoms with E-state index in [4.69, 9.17) is 11.5 Å². The summed E-state index contributed by atoms with van der Waals surface area (Å²) in [5.74, 6) is 1.30. The number of carboxylic acids is 1. The summed E-state index contributed by atoms with van der Waals surface area (Å²) in [7, 11) is 0. The first-order valence-corrected chi connectivity index (χ1v) is 5.73. The summed E-state index contributed by atoms with van der Waals surface area (Å²) in [6.07, 6.45) is 8.59. The minimum absolute atomic E-state index is 0.131. The van der Waals surface area contributed by atoms with Gasteiger partial charge in [-0.25, -0.2) is 14.6 Å². The summed E-state index contributed by atoms with van der Waals surface area (Å²) in [5.41, 5.74) is 0.629. The number of aliphatic carboxylic acids is 1. The van der Waals surface area contributed by atoms with Crippen LogP contribution in [0.25, 0.3) is 0 Å². The highest BCUT2D eigenvalue weighted by Crippen LogP contribution is 1.99. The van der Waals surface area contributed by atoms with Gasteiger partial charge in [0.25, 0.3) is 0 Å². The minimum Gasteiger partial charge on any atom is -0.480 e. The van der Waals surface area contributed by atoms with Crippen molar-refractivity contribution in [3.8, 4) is 12.3 Å². The molecule has 0 saturated heterocycles. The predicted octanol–water partition coefficient (Wildman–Crippen LogP) is 0.116. The fourth-order valence-corrected chi connectivity index (χ4v) is 1.47. The summed E-state index contributed by atoms with van der Waals surface area (Å²) < 4.78 is 0. The zero-order valence-corrected chi connectivity index (χ0v) is 10.5. The minimum atomic E-state index is -1.12. The van der Waals surface area contributed by atoms with E-state index in [1.165, 1.54) is 12.5 Å². The maximum atomic E-state index is 11.6. The molecule has 0 bridgehead atoms. The third-order valence-electron chi connectivity index (χ3n) is 2.38. The van der Waals surface area contributed by atoms with Crippen molar-refractivity contribution in [2.24, 2.45) is 0 Å². The quantitative estimate of drug-likeness (QED) is 0.547. The highest BCUT2D eigenvalue weighted by Gasteiger charge is 2.21. The van der Waals surface area contributed by atoms with Gasteiger partial charge in [0.05, 0.1) is 6.33 Å². The van der Waals surface area contributed by atoms with E-state index in [-0.39, 0.29) is 12.5 Å². The van der Waals surface area contributed by atoms with Crippen LogP contribution in [0, 0.1) is 12.3 Å². The van der Waals surface area contributed by atoms with Crippen molar-refractivity contribution < 1.29 is 14.7 Å². The number of hydrogen-bond acceptors (Lipinski definition) is 3. The van der Waals surface area contributed by atoms with E-state index in [9.17, 15) is 9.59 Å². The number of hydrogen-bond donors (Lipinski definition) is 4. The average molecular weight is 264 g/mol. The standard InChI is InChI=1S/C12H16N4O3/c1-3-4-8(2)15-12(19)16-10(11(17)18)5-9-6-13-7-14-9/h1,6-8,10H,4-5H2,2H3,(H,13,14)(H,17,18)(H2,15,16,19)/t8?,10-/m1/s1. The molecule has 0 aliphatic rings. The summed E-state index contributed by atoms with van der Waals surface area (Å²) >= 11 is 0. The number of H-pyrrole nitrogens is 1. The molecular weight excluding hydrogens is 248 g/mol. The molecule has 102 valence electrons. The molecule has 0 fully saturated rings. The smallest absolute Gasteiger partial charge is 0.326 e. The summed E-state index contributed by atoms with van der Waals surface area (Å²) in [4.78, 5) is 29.2. The number of carboxylic acid groups (broad SMARTS) is 1. The topological polar surface area (TPSA) is 107 Å². The van der Waals surface area contributed by atoms with Gasteiger partial charge >= 0.3 is 12.0 Å². The number of imidazole rings is 1. The van der Waals surface area contributed by atoms with Crippen LogP contribution in [0.5, 0.6) is 0 Å². The van der Waals surface area contributed by atoms with E-state index >= 15 is 0 Å². The molecule has 1 heterocycles. The van der Waals surface area contributed by atoms with E-state index in [2.05, 4.69) is 26.5 Å². The van der Waals surface area contributed by atoms with E-state index < -0.39 is 18.0 Å². The Kier molecular flexibility index (Phi) is 5.41. The van der Waals surface area contributed by atoms with Crippen LogP contribution < -0.4 is 10.6 Å². The SMILES string of the molecule is C#CCC(C)NC(=O)N[C@H](Cc1cnc[nH]1)C(=O)O. The van der Waals surface area contributed by atoms with Gasteiger partial charge in [0.2, 0.25) is 0 Å². The van der Waals surface area contributed by atoms with Crippen LogP contribution in [0.4, 0.5) is 4.79 Å². The Bertz CT molecular complexity index is 464. The number of urea groups is 1. The molecule has 1 aromatic heterocycles. The summed E-state index contributed by atoms with van der Waals surface area (Å²) in [5, 5.41) is 14.0. The molecule has 0 spiro atoms. The van der Waals surface area contributed by atoms with Crippen LogP contribution in [0.3, 0.4) is 0 Å². The number of aromatic nitrogens is 2. The number of amides is 2. The molecule has 4 N–H and O–H groups in total. The number of terminal acetylenes is 1. The fourth-order valence-electron chi connectivity index (χ4n) is 1.47. The van der Waals surface area contributed by atoms with Crippen molar-refractivity contribution in [3.05, 3.63) is 18.2 Å². The van der Waals surface area contributed by atoms with Crippen molar-refractivity contribution in [1.82, 2.24) is 20.6 Å². The van der Waals surface area contributed by atoms with Crippen molar-refractivity contribution >= 4 is 12.0 Å². The van der Waals surface area contributed by atoms with Crippen molar-refractivity contribution in [2.75, 3.05) is 0 Å². The van der Waals surface area contributed by atoms with Crippen LogP contribution in [0.2, 0.25) is 0 Å². The second-order valence-electron chi connectivity index (χ2n) is 4.10. The van der Waals surface area contributed by atoms with Gasteiger partial charge in [0.15, 0.2) is 0 Å². The summed E-state index contributed by atoms with van der Waals surface area (Å²) in [6, 6.07) is -1.81. The highest BCUT2D eigenvalue weighted by molar-refractivity contribution is 5.82. The first kappa shape index (κ1) is 14.6. The molecule has 7 heteroatoms. The van der Waals surface area contributed by atoms with Gasteiger partial charge in [-0.3, -0.25) is 0 Å². The number of carbonyl (C=O) groups is 2. The molecule has 0 aliphatic heterocycles. The Morgan fingerprint density at radius 2 is 2.32 bits per heavy atom. The van der Waals surface area contributed by atoms with Gasteiger partial charge in [-0.15, -0.1) is 12.3 Å². The molecule has 0 saturated carbocycles. The first-order chi connectivity index (χ1) is 9.02. The monoisotopic (exact) mass is 264 g/mol. The largest absolute Gasteiger partial charge is 0.480 e. The average Bonchev–Trinajstić information content (AvgIpc) is 2.80. The van der Waals surface area contributed by atoms with Gasteiger partial charge in [-0.05, 0) is 6.92 Å². The fraction of sp³-hybridized carbons (Fsp3) is 0.417. The molecule has 0 radical (unpaired) electrons. The molecular formula is C12H16N4O3. The molecule has 7 nitrogen and oxygen atoms in total. The van der Waals surface area contributed by atoms with E-state index in [1.807, 2.05) is 0 Å². The van der Waals surface area contributed by atoms with E-state index in [0.29, 0.717) is 12.1 Å². The molecule has 1 aromatic rings. The van der Waals surface area contributed by atoms with Crippen LogP contribution in [-0.2, 0) is 11.2 Å². The molecule has 1 rings (SSSR count). The van der Waals surface area contributed by atoms with Crippen molar-refractivity contribution in [1.29, 1.82) is 0 Å².